The zero-order valence-electron chi connectivity index (χ0n) is 15.3. The molecule has 0 bridgehead atoms. The van der Waals surface area contributed by atoms with Gasteiger partial charge >= 0.3 is 0 Å². The molecule has 1 aliphatic heterocycles. The number of aryl methyl sites for hydroxylation is 1. The normalized spacial score (nSPS) is 17.6. The first kappa shape index (κ1) is 17.7. The van der Waals surface area contributed by atoms with Crippen molar-refractivity contribution in [3.63, 3.8) is 0 Å². The third-order valence-electron chi connectivity index (χ3n) is 5.32. The summed E-state index contributed by atoms with van der Waals surface area (Å²) in [7, 11) is 0. The Morgan fingerprint density at radius 1 is 1.28 bits per heavy atom. The largest absolute Gasteiger partial charge is 0.507 e. The first-order valence-corrected chi connectivity index (χ1v) is 9.10. The highest BCUT2D eigenvalue weighted by molar-refractivity contribution is 5.40. The molecule has 0 spiro atoms. The van der Waals surface area contributed by atoms with Crippen molar-refractivity contribution < 1.29 is 5.11 Å². The van der Waals surface area contributed by atoms with Crippen LogP contribution in [0.15, 0.2) is 35.4 Å². The Morgan fingerprint density at radius 2 is 1.92 bits per heavy atom. The molecule has 2 aromatic rings. The molecule has 1 saturated heterocycles. The minimum atomic E-state index is -0.235. The third-order valence-corrected chi connectivity index (χ3v) is 5.32. The number of aromatic nitrogens is 2. The lowest BCUT2D eigenvalue weighted by Crippen LogP contribution is -2.40. The molecule has 2 aromatic heterocycles. The van der Waals surface area contributed by atoms with Gasteiger partial charge in [0.2, 0.25) is 0 Å². The second-order valence-electron chi connectivity index (χ2n) is 7.04. The molecule has 1 aliphatic rings. The average molecular weight is 341 g/mol. The van der Waals surface area contributed by atoms with Gasteiger partial charge in [0.15, 0.2) is 0 Å². The van der Waals surface area contributed by atoms with Crippen LogP contribution < -0.4 is 5.56 Å². The zero-order chi connectivity index (χ0) is 18.0. The van der Waals surface area contributed by atoms with Crippen LogP contribution in [0.4, 0.5) is 0 Å². The maximum absolute atomic E-state index is 13.1. The number of hydrogen-bond acceptors (Lipinski definition) is 4. The molecule has 5 nitrogen and oxygen atoms in total. The molecule has 5 heteroatoms. The number of hydrogen-bond donors (Lipinski definition) is 1. The van der Waals surface area contributed by atoms with Gasteiger partial charge in [0.1, 0.15) is 5.75 Å². The van der Waals surface area contributed by atoms with E-state index in [-0.39, 0.29) is 17.4 Å². The fourth-order valence-corrected chi connectivity index (χ4v) is 3.81. The highest BCUT2D eigenvalue weighted by atomic mass is 16.3. The van der Waals surface area contributed by atoms with E-state index in [4.69, 9.17) is 0 Å². The average Bonchev–Trinajstić information content (AvgIpc) is 2.60. The van der Waals surface area contributed by atoms with Gasteiger partial charge in [0.05, 0.1) is 11.6 Å². The van der Waals surface area contributed by atoms with Crippen LogP contribution in [0.1, 0.15) is 49.6 Å². The van der Waals surface area contributed by atoms with Gasteiger partial charge in [-0.2, -0.15) is 0 Å². The summed E-state index contributed by atoms with van der Waals surface area (Å²) in [6.45, 7) is 8.53. The van der Waals surface area contributed by atoms with Crippen LogP contribution in [0.3, 0.4) is 0 Å². The predicted octanol–water partition coefficient (Wildman–Crippen LogP) is 3.10. The molecule has 0 unspecified atom stereocenters. The molecule has 3 heterocycles. The predicted molar refractivity (Wildman–Crippen MR) is 98.8 cm³/mol. The summed E-state index contributed by atoms with van der Waals surface area (Å²) in [4.78, 5) is 19.6. The summed E-state index contributed by atoms with van der Waals surface area (Å²) in [6, 6.07) is 5.36. The lowest BCUT2D eigenvalue weighted by molar-refractivity contribution is 0.154. The van der Waals surface area contributed by atoms with Crippen LogP contribution in [0.5, 0.6) is 5.75 Å². The van der Waals surface area contributed by atoms with Crippen molar-refractivity contribution >= 4 is 0 Å². The second kappa shape index (κ2) is 7.40. The fraction of sp³-hybridized carbons (Fsp3) is 0.500. The molecule has 1 N–H and O–H groups in total. The molecule has 1 fully saturated rings. The fourth-order valence-electron chi connectivity index (χ4n) is 3.81. The summed E-state index contributed by atoms with van der Waals surface area (Å²) < 4.78 is 1.73. The van der Waals surface area contributed by atoms with Crippen molar-refractivity contribution in [3.8, 4) is 5.75 Å². The summed E-state index contributed by atoms with van der Waals surface area (Å²) >= 11 is 0. The zero-order valence-corrected chi connectivity index (χ0v) is 15.3. The summed E-state index contributed by atoms with van der Waals surface area (Å²) in [5, 5.41) is 10.7. The number of nitrogens with zero attached hydrogens (tertiary/aromatic N) is 3. The van der Waals surface area contributed by atoms with E-state index in [0.717, 1.165) is 37.2 Å². The summed E-state index contributed by atoms with van der Waals surface area (Å²) in [5.74, 6) is 0.792. The van der Waals surface area contributed by atoms with Crippen LogP contribution >= 0.6 is 0 Å². The number of likely N-dealkylation sites (tertiary alicyclic amines) is 1. The van der Waals surface area contributed by atoms with E-state index in [1.54, 1.807) is 23.0 Å². The van der Waals surface area contributed by atoms with Gasteiger partial charge in [-0.05, 0) is 69.5 Å². The number of aromatic hydroxyl groups is 1. The summed E-state index contributed by atoms with van der Waals surface area (Å²) in [6.07, 6.45) is 5.71. The molecular formula is C20H27N3O2. The molecule has 0 aromatic carbocycles. The van der Waals surface area contributed by atoms with E-state index in [1.165, 1.54) is 0 Å². The SMILES string of the molecule is CCn1c(C)cc(O)c([C@@H](c2ccncc2)N2CCC(C)CC2)c1=O. The van der Waals surface area contributed by atoms with Gasteiger partial charge in [-0.1, -0.05) is 6.92 Å². The molecule has 0 amide bonds. The van der Waals surface area contributed by atoms with E-state index < -0.39 is 0 Å². The van der Waals surface area contributed by atoms with Crippen molar-refractivity contribution in [2.24, 2.45) is 5.92 Å². The quantitative estimate of drug-likeness (QED) is 0.928. The Morgan fingerprint density at radius 3 is 2.52 bits per heavy atom. The maximum Gasteiger partial charge on any atom is 0.259 e. The van der Waals surface area contributed by atoms with E-state index in [9.17, 15) is 9.90 Å². The minimum absolute atomic E-state index is 0.0904. The van der Waals surface area contributed by atoms with Gasteiger partial charge in [-0.3, -0.25) is 14.7 Å². The van der Waals surface area contributed by atoms with Crippen molar-refractivity contribution in [1.29, 1.82) is 0 Å². The highest BCUT2D eigenvalue weighted by Gasteiger charge is 2.30. The van der Waals surface area contributed by atoms with Gasteiger partial charge < -0.3 is 9.67 Å². The molecule has 0 aliphatic carbocycles. The van der Waals surface area contributed by atoms with E-state index >= 15 is 0 Å². The van der Waals surface area contributed by atoms with Crippen molar-refractivity contribution in [1.82, 2.24) is 14.5 Å². The number of pyridine rings is 2. The van der Waals surface area contributed by atoms with Gasteiger partial charge in [-0.25, -0.2) is 0 Å². The third kappa shape index (κ3) is 3.47. The van der Waals surface area contributed by atoms with Gasteiger partial charge in [0, 0.05) is 24.6 Å². The second-order valence-corrected chi connectivity index (χ2v) is 7.04. The topological polar surface area (TPSA) is 58.4 Å². The van der Waals surface area contributed by atoms with E-state index in [0.29, 0.717) is 18.0 Å². The number of rotatable bonds is 4. The van der Waals surface area contributed by atoms with Crippen LogP contribution in [-0.4, -0.2) is 32.6 Å². The Hall–Kier alpha value is -2.14. The lowest BCUT2D eigenvalue weighted by atomic mass is 9.92. The molecule has 0 saturated carbocycles. The Balaban J connectivity index is 2.14. The highest BCUT2D eigenvalue weighted by Crippen LogP contribution is 2.34. The van der Waals surface area contributed by atoms with Gasteiger partial charge in [0.25, 0.3) is 5.56 Å². The standard InChI is InChI=1S/C20H27N3O2/c1-4-23-15(3)13-17(24)18(20(23)25)19(16-5-9-21-10-6-16)22-11-7-14(2)8-12-22/h5-6,9-10,13-14,19,24H,4,7-8,11-12H2,1-3H3/t19-/m1/s1. The van der Waals surface area contributed by atoms with Crippen molar-refractivity contribution in [3.05, 3.63) is 57.8 Å². The van der Waals surface area contributed by atoms with Crippen molar-refractivity contribution in [2.75, 3.05) is 13.1 Å². The van der Waals surface area contributed by atoms with Crippen LogP contribution in [0.25, 0.3) is 0 Å². The minimum Gasteiger partial charge on any atom is -0.507 e. The molecule has 1 atom stereocenters. The summed E-state index contributed by atoms with van der Waals surface area (Å²) in [5.41, 5.74) is 2.17. The molecule has 25 heavy (non-hydrogen) atoms. The Kier molecular flexibility index (Phi) is 5.23. The molecule has 3 rings (SSSR count). The monoisotopic (exact) mass is 341 g/mol. The maximum atomic E-state index is 13.1. The Bertz CT molecular complexity index is 778. The van der Waals surface area contributed by atoms with Crippen LogP contribution in [-0.2, 0) is 6.54 Å². The van der Waals surface area contributed by atoms with Gasteiger partial charge in [-0.15, -0.1) is 0 Å². The van der Waals surface area contributed by atoms with Crippen molar-refractivity contribution in [2.45, 2.75) is 46.2 Å². The molecule has 0 radical (unpaired) electrons. The molecule has 134 valence electrons. The number of piperidine rings is 1. The smallest absolute Gasteiger partial charge is 0.259 e. The first-order chi connectivity index (χ1) is 12.0. The lowest BCUT2D eigenvalue weighted by Gasteiger charge is -2.37. The van der Waals surface area contributed by atoms with Crippen LogP contribution in [0, 0.1) is 12.8 Å². The van der Waals surface area contributed by atoms with Crippen LogP contribution in [0.2, 0.25) is 0 Å². The van der Waals surface area contributed by atoms with E-state index in [1.807, 2.05) is 26.0 Å². The first-order valence-electron chi connectivity index (χ1n) is 9.10. The van der Waals surface area contributed by atoms with E-state index in [2.05, 4.69) is 16.8 Å². The Labute approximate surface area is 148 Å². The molecular weight excluding hydrogens is 314 g/mol.